The number of carbonyl (C=O) groups excluding carboxylic acids is 1. The molecule has 0 atom stereocenters. The van der Waals surface area contributed by atoms with Crippen molar-refractivity contribution < 1.29 is 4.79 Å². The van der Waals surface area contributed by atoms with Crippen molar-refractivity contribution in [1.29, 1.82) is 0 Å². The first-order chi connectivity index (χ1) is 20.0. The summed E-state index contributed by atoms with van der Waals surface area (Å²) in [5.74, 6) is 0.510. The van der Waals surface area contributed by atoms with Gasteiger partial charge in [0.05, 0.1) is 17.1 Å². The molecule has 5 aromatic rings. The van der Waals surface area contributed by atoms with Crippen molar-refractivity contribution in [3.8, 4) is 22.6 Å². The Bertz CT molecular complexity index is 1670. The Morgan fingerprint density at radius 1 is 0.927 bits per heavy atom. The van der Waals surface area contributed by atoms with Crippen molar-refractivity contribution in [3.05, 3.63) is 90.8 Å². The van der Waals surface area contributed by atoms with Crippen LogP contribution in [0.4, 0.5) is 22.1 Å². The molecule has 0 bridgehead atoms. The van der Waals surface area contributed by atoms with E-state index in [1.165, 1.54) is 5.56 Å². The summed E-state index contributed by atoms with van der Waals surface area (Å²) in [6, 6.07) is 24.0. The maximum Gasteiger partial charge on any atom is 0.321 e. The molecule has 0 saturated carbocycles. The Morgan fingerprint density at radius 3 is 2.61 bits per heavy atom. The zero-order valence-electron chi connectivity index (χ0n) is 23.4. The van der Waals surface area contributed by atoms with Gasteiger partial charge >= 0.3 is 6.03 Å². The first-order valence-electron chi connectivity index (χ1n) is 14.0. The molecule has 9 nitrogen and oxygen atoms in total. The molecule has 1 saturated heterocycles. The Hall–Kier alpha value is -4.76. The molecule has 1 aliphatic rings. The molecule has 9 heteroatoms. The first kappa shape index (κ1) is 26.5. The van der Waals surface area contributed by atoms with Gasteiger partial charge in [-0.2, -0.15) is 0 Å². The van der Waals surface area contributed by atoms with Crippen LogP contribution in [0.15, 0.2) is 85.2 Å². The number of amides is 2. The van der Waals surface area contributed by atoms with Gasteiger partial charge in [0.25, 0.3) is 0 Å². The van der Waals surface area contributed by atoms with Crippen LogP contribution >= 0.6 is 0 Å². The standard InChI is InChI=1S/C32H34N8O/c1-38(2)20-15-23-9-7-11-25(21-23)34-31-33-16-14-27(36-31)30-29(37-28-13-3-4-19-40(28)30)24-10-8-12-26(22-24)35-32(41)39-17-5-6-18-39/h3-4,7-14,16,19,21-22H,5-6,15,17-18,20H2,1-2H3,(H,35,41)(H,33,34,36). The maximum atomic E-state index is 12.7. The minimum absolute atomic E-state index is 0.0628. The van der Waals surface area contributed by atoms with E-state index < -0.39 is 0 Å². The summed E-state index contributed by atoms with van der Waals surface area (Å²) in [6.07, 6.45) is 6.82. The molecule has 2 amide bonds. The molecule has 1 aliphatic heterocycles. The number of hydrogen-bond acceptors (Lipinski definition) is 6. The van der Waals surface area contributed by atoms with Gasteiger partial charge in [0.15, 0.2) is 0 Å². The Balaban J connectivity index is 1.32. The molecule has 4 heterocycles. The number of imidazole rings is 1. The van der Waals surface area contributed by atoms with E-state index in [2.05, 4.69) is 52.8 Å². The van der Waals surface area contributed by atoms with Gasteiger partial charge in [-0.05, 0) is 81.4 Å². The average molecular weight is 547 g/mol. The van der Waals surface area contributed by atoms with E-state index in [0.717, 1.165) is 78.6 Å². The number of aromatic nitrogens is 4. The number of hydrogen-bond donors (Lipinski definition) is 2. The molecular formula is C32H34N8O. The minimum Gasteiger partial charge on any atom is -0.325 e. The van der Waals surface area contributed by atoms with Crippen molar-refractivity contribution in [3.63, 3.8) is 0 Å². The lowest BCUT2D eigenvalue weighted by molar-refractivity contribution is 0.222. The van der Waals surface area contributed by atoms with Gasteiger partial charge in [0.2, 0.25) is 5.95 Å². The highest BCUT2D eigenvalue weighted by Gasteiger charge is 2.20. The lowest BCUT2D eigenvalue weighted by Crippen LogP contribution is -2.32. The summed E-state index contributed by atoms with van der Waals surface area (Å²) in [4.78, 5) is 31.2. The molecule has 41 heavy (non-hydrogen) atoms. The number of benzene rings is 2. The first-order valence-corrected chi connectivity index (χ1v) is 14.0. The van der Waals surface area contributed by atoms with Gasteiger partial charge in [-0.15, -0.1) is 0 Å². The number of rotatable bonds is 8. The fourth-order valence-corrected chi connectivity index (χ4v) is 5.15. The highest BCUT2D eigenvalue weighted by atomic mass is 16.2. The molecule has 6 rings (SSSR count). The molecule has 0 unspecified atom stereocenters. The van der Waals surface area contributed by atoms with Crippen molar-refractivity contribution in [2.24, 2.45) is 0 Å². The lowest BCUT2D eigenvalue weighted by Gasteiger charge is -2.16. The third-order valence-corrected chi connectivity index (χ3v) is 7.24. The summed E-state index contributed by atoms with van der Waals surface area (Å²) < 4.78 is 2.04. The summed E-state index contributed by atoms with van der Waals surface area (Å²) in [5, 5.41) is 6.44. The number of likely N-dealkylation sites (N-methyl/N-ethyl adjacent to an activating group) is 1. The summed E-state index contributed by atoms with van der Waals surface area (Å²) in [5.41, 5.74) is 7.01. The van der Waals surface area contributed by atoms with Crippen LogP contribution in [-0.4, -0.2) is 68.9 Å². The zero-order chi connectivity index (χ0) is 28.2. The molecule has 3 aromatic heterocycles. The second-order valence-electron chi connectivity index (χ2n) is 10.6. The molecule has 0 spiro atoms. The van der Waals surface area contributed by atoms with Crippen LogP contribution in [-0.2, 0) is 6.42 Å². The molecular weight excluding hydrogens is 512 g/mol. The van der Waals surface area contributed by atoms with Crippen LogP contribution in [0.3, 0.4) is 0 Å². The number of pyridine rings is 1. The van der Waals surface area contributed by atoms with E-state index in [9.17, 15) is 4.79 Å². The maximum absolute atomic E-state index is 12.7. The third-order valence-electron chi connectivity index (χ3n) is 7.24. The van der Waals surface area contributed by atoms with E-state index in [1.807, 2.05) is 70.1 Å². The van der Waals surface area contributed by atoms with Gasteiger partial charge in [-0.25, -0.2) is 19.7 Å². The van der Waals surface area contributed by atoms with Crippen LogP contribution in [0.5, 0.6) is 0 Å². The largest absolute Gasteiger partial charge is 0.325 e. The molecule has 2 aromatic carbocycles. The third kappa shape index (κ3) is 6.05. The van der Waals surface area contributed by atoms with Gasteiger partial charge in [-0.3, -0.25) is 4.40 Å². The summed E-state index contributed by atoms with van der Waals surface area (Å²) >= 11 is 0. The summed E-state index contributed by atoms with van der Waals surface area (Å²) in [6.45, 7) is 2.58. The quantitative estimate of drug-likeness (QED) is 0.251. The SMILES string of the molecule is CN(C)CCc1cccc(Nc2nccc(-c3c(-c4cccc(NC(=O)N5CCCC5)c4)nc4ccccn34)n2)c1. The van der Waals surface area contributed by atoms with Crippen LogP contribution in [0.25, 0.3) is 28.3 Å². The second-order valence-corrected chi connectivity index (χ2v) is 10.6. The fraction of sp³-hybridized carbons (Fsp3) is 0.250. The van der Waals surface area contributed by atoms with Crippen LogP contribution in [0.2, 0.25) is 0 Å². The van der Waals surface area contributed by atoms with Crippen molar-refractivity contribution in [1.82, 2.24) is 29.2 Å². The summed E-state index contributed by atoms with van der Waals surface area (Å²) in [7, 11) is 4.16. The smallest absolute Gasteiger partial charge is 0.321 e. The predicted molar refractivity (Wildman–Crippen MR) is 163 cm³/mol. The van der Waals surface area contributed by atoms with Crippen molar-refractivity contribution in [2.75, 3.05) is 44.4 Å². The molecule has 0 aliphatic carbocycles. The monoisotopic (exact) mass is 546 g/mol. The Labute approximate surface area is 239 Å². The molecule has 1 fully saturated rings. The number of nitrogens with zero attached hydrogens (tertiary/aromatic N) is 6. The normalized spacial score (nSPS) is 13.2. The molecule has 208 valence electrons. The Morgan fingerprint density at radius 2 is 1.76 bits per heavy atom. The van der Waals surface area contributed by atoms with E-state index >= 15 is 0 Å². The number of urea groups is 1. The second kappa shape index (κ2) is 11.8. The Kier molecular flexibility index (Phi) is 7.60. The van der Waals surface area contributed by atoms with E-state index in [-0.39, 0.29) is 6.03 Å². The van der Waals surface area contributed by atoms with Gasteiger partial charge in [0.1, 0.15) is 5.65 Å². The minimum atomic E-state index is -0.0628. The van der Waals surface area contributed by atoms with Crippen molar-refractivity contribution in [2.45, 2.75) is 19.3 Å². The number of likely N-dealkylation sites (tertiary alicyclic amines) is 1. The topological polar surface area (TPSA) is 90.7 Å². The number of fused-ring (bicyclic) bond motifs is 1. The van der Waals surface area contributed by atoms with Crippen LogP contribution in [0, 0.1) is 0 Å². The van der Waals surface area contributed by atoms with Gasteiger partial charge in [0, 0.05) is 49.0 Å². The molecule has 0 radical (unpaired) electrons. The van der Waals surface area contributed by atoms with Gasteiger partial charge in [-0.1, -0.05) is 30.3 Å². The van der Waals surface area contributed by atoms with E-state index in [0.29, 0.717) is 5.95 Å². The van der Waals surface area contributed by atoms with Crippen molar-refractivity contribution >= 4 is 29.0 Å². The number of carbonyl (C=O) groups is 1. The highest BCUT2D eigenvalue weighted by Crippen LogP contribution is 2.33. The number of nitrogens with one attached hydrogen (secondary N) is 2. The van der Waals surface area contributed by atoms with Crippen LogP contribution < -0.4 is 10.6 Å². The number of anilines is 3. The average Bonchev–Trinajstić information content (AvgIpc) is 3.66. The predicted octanol–water partition coefficient (Wildman–Crippen LogP) is 5.93. The molecule has 2 N–H and O–H groups in total. The van der Waals surface area contributed by atoms with E-state index in [4.69, 9.17) is 9.97 Å². The fourth-order valence-electron chi connectivity index (χ4n) is 5.15. The van der Waals surface area contributed by atoms with Crippen LogP contribution in [0.1, 0.15) is 18.4 Å². The lowest BCUT2D eigenvalue weighted by atomic mass is 10.1. The van der Waals surface area contributed by atoms with E-state index in [1.54, 1.807) is 6.20 Å². The zero-order valence-corrected chi connectivity index (χ0v) is 23.4. The van der Waals surface area contributed by atoms with Gasteiger partial charge < -0.3 is 20.4 Å². The highest BCUT2D eigenvalue weighted by molar-refractivity contribution is 5.91.